The average Bonchev–Trinajstić information content (AvgIpc) is 3.37. The van der Waals surface area contributed by atoms with E-state index in [1.807, 2.05) is 47.2 Å². The minimum absolute atomic E-state index is 0.171. The Morgan fingerprint density at radius 2 is 1.76 bits per heavy atom. The summed E-state index contributed by atoms with van der Waals surface area (Å²) in [5.41, 5.74) is 2.93. The maximum atomic E-state index is 14.1. The molecule has 1 unspecified atom stereocenters. The highest BCUT2D eigenvalue weighted by molar-refractivity contribution is 5.92. The van der Waals surface area contributed by atoms with Gasteiger partial charge in [0.1, 0.15) is 11.6 Å². The van der Waals surface area contributed by atoms with Crippen molar-refractivity contribution in [2.75, 3.05) is 0 Å². The molecule has 4 nitrogen and oxygen atoms in total. The number of benzene rings is 2. The van der Waals surface area contributed by atoms with E-state index in [1.54, 1.807) is 17.0 Å². The second-order valence-corrected chi connectivity index (χ2v) is 6.95. The summed E-state index contributed by atoms with van der Waals surface area (Å²) in [7, 11) is 0. The van der Waals surface area contributed by atoms with E-state index in [2.05, 4.69) is 0 Å². The summed E-state index contributed by atoms with van der Waals surface area (Å²) in [5, 5.41) is 0. The molecule has 0 saturated carbocycles. The first-order valence-electron chi connectivity index (χ1n) is 9.18. The quantitative estimate of drug-likeness (QED) is 0.478. The van der Waals surface area contributed by atoms with Crippen LogP contribution in [-0.2, 0) is 6.54 Å². The molecule has 144 valence electrons. The van der Waals surface area contributed by atoms with Crippen LogP contribution in [0.1, 0.15) is 33.4 Å². The molecule has 0 aliphatic carbocycles. The second kappa shape index (κ2) is 6.74. The Bertz CT molecular complexity index is 1180. The van der Waals surface area contributed by atoms with Crippen LogP contribution < -0.4 is 0 Å². The first-order chi connectivity index (χ1) is 14.1. The zero-order chi connectivity index (χ0) is 20.0. The first-order valence-corrected chi connectivity index (χ1v) is 9.18. The van der Waals surface area contributed by atoms with E-state index in [0.29, 0.717) is 5.56 Å². The van der Waals surface area contributed by atoms with Crippen LogP contribution in [0.4, 0.5) is 8.78 Å². The molecule has 2 aromatic carbocycles. The average molecular weight is 390 g/mol. The van der Waals surface area contributed by atoms with Crippen LogP contribution in [0.3, 0.4) is 0 Å². The lowest BCUT2D eigenvalue weighted by molar-refractivity contribution is 0.0657. The number of nitrogens with zero attached hydrogens (tertiary/aromatic N) is 2. The van der Waals surface area contributed by atoms with Crippen LogP contribution in [0.15, 0.2) is 83.6 Å². The molecule has 1 amide bonds. The third-order valence-corrected chi connectivity index (χ3v) is 5.16. The zero-order valence-electron chi connectivity index (χ0n) is 15.3. The Kier molecular flexibility index (Phi) is 4.05. The highest BCUT2D eigenvalue weighted by Crippen LogP contribution is 2.37. The molecule has 5 rings (SSSR count). The molecule has 1 atom stereocenters. The highest BCUT2D eigenvalue weighted by atomic mass is 19.1. The fourth-order valence-electron chi connectivity index (χ4n) is 3.96. The van der Waals surface area contributed by atoms with Gasteiger partial charge in [0, 0.05) is 24.5 Å². The standard InChI is InChI=1S/C23H16F2N2O2/c24-17-11-16(12-18(25)13-17)22-20-7-3-9-26(20)19-6-2-1-5-15(19)14-27(22)23(28)21-8-4-10-29-21/h1-13,22H,14H2. The van der Waals surface area contributed by atoms with E-state index < -0.39 is 17.7 Å². The molecule has 6 heteroatoms. The molecule has 1 aliphatic heterocycles. The SMILES string of the molecule is O=C(c1ccco1)N1Cc2ccccc2-n2cccc2C1c1cc(F)cc(F)c1. The van der Waals surface area contributed by atoms with Gasteiger partial charge in [-0.2, -0.15) is 0 Å². The monoisotopic (exact) mass is 390 g/mol. The molecule has 4 aromatic rings. The van der Waals surface area contributed by atoms with Crippen LogP contribution in [0.5, 0.6) is 0 Å². The number of aromatic nitrogens is 1. The van der Waals surface area contributed by atoms with E-state index in [-0.39, 0.29) is 18.2 Å². The van der Waals surface area contributed by atoms with Gasteiger partial charge in [-0.15, -0.1) is 0 Å². The third-order valence-electron chi connectivity index (χ3n) is 5.16. The molecule has 0 spiro atoms. The number of carbonyl (C=O) groups excluding carboxylic acids is 1. The fraction of sp³-hybridized carbons (Fsp3) is 0.0870. The lowest BCUT2D eigenvalue weighted by atomic mass is 10.0. The number of amides is 1. The van der Waals surface area contributed by atoms with Crippen molar-refractivity contribution in [3.05, 3.63) is 113 Å². The van der Waals surface area contributed by atoms with Crippen molar-refractivity contribution in [1.29, 1.82) is 0 Å². The Hall–Kier alpha value is -3.67. The summed E-state index contributed by atoms with van der Waals surface area (Å²) in [4.78, 5) is 14.9. The number of rotatable bonds is 2. The largest absolute Gasteiger partial charge is 0.459 e. The van der Waals surface area contributed by atoms with Crippen LogP contribution in [-0.4, -0.2) is 15.4 Å². The van der Waals surface area contributed by atoms with Crippen molar-refractivity contribution in [3.63, 3.8) is 0 Å². The Balaban J connectivity index is 1.75. The number of furan rings is 1. The second-order valence-electron chi connectivity index (χ2n) is 6.95. The molecule has 0 radical (unpaired) electrons. The van der Waals surface area contributed by atoms with Crippen molar-refractivity contribution in [1.82, 2.24) is 9.47 Å². The van der Waals surface area contributed by atoms with Crippen molar-refractivity contribution in [2.45, 2.75) is 12.6 Å². The fourth-order valence-corrected chi connectivity index (χ4v) is 3.96. The van der Waals surface area contributed by atoms with Gasteiger partial charge >= 0.3 is 0 Å². The zero-order valence-corrected chi connectivity index (χ0v) is 15.3. The normalized spacial score (nSPS) is 15.5. The first kappa shape index (κ1) is 17.4. The summed E-state index contributed by atoms with van der Waals surface area (Å²) in [5.74, 6) is -1.56. The summed E-state index contributed by atoms with van der Waals surface area (Å²) in [6.45, 7) is 0.264. The van der Waals surface area contributed by atoms with Crippen molar-refractivity contribution >= 4 is 5.91 Å². The van der Waals surface area contributed by atoms with E-state index in [4.69, 9.17) is 4.42 Å². The molecular formula is C23H16F2N2O2. The summed E-state index contributed by atoms with van der Waals surface area (Å²) >= 11 is 0. The lowest BCUT2D eigenvalue weighted by Crippen LogP contribution is -2.34. The molecule has 29 heavy (non-hydrogen) atoms. The maximum Gasteiger partial charge on any atom is 0.290 e. The minimum atomic E-state index is -0.694. The predicted molar refractivity (Wildman–Crippen MR) is 103 cm³/mol. The highest BCUT2D eigenvalue weighted by Gasteiger charge is 2.34. The van der Waals surface area contributed by atoms with E-state index in [9.17, 15) is 13.6 Å². The van der Waals surface area contributed by atoms with Gasteiger partial charge in [-0.1, -0.05) is 18.2 Å². The van der Waals surface area contributed by atoms with Gasteiger partial charge in [0.25, 0.3) is 5.91 Å². The van der Waals surface area contributed by atoms with Crippen LogP contribution in [0.25, 0.3) is 5.69 Å². The van der Waals surface area contributed by atoms with E-state index in [1.165, 1.54) is 18.4 Å². The number of fused-ring (bicyclic) bond motifs is 3. The minimum Gasteiger partial charge on any atom is -0.459 e. The van der Waals surface area contributed by atoms with E-state index >= 15 is 0 Å². The van der Waals surface area contributed by atoms with Crippen molar-refractivity contribution in [2.24, 2.45) is 0 Å². The Morgan fingerprint density at radius 3 is 2.52 bits per heavy atom. The maximum absolute atomic E-state index is 14.1. The molecule has 1 aliphatic rings. The number of hydrogen-bond donors (Lipinski definition) is 0. The molecule has 3 heterocycles. The molecular weight excluding hydrogens is 374 g/mol. The third kappa shape index (κ3) is 2.93. The van der Waals surface area contributed by atoms with E-state index in [0.717, 1.165) is 23.0 Å². The lowest BCUT2D eigenvalue weighted by Gasteiger charge is -2.30. The number of halogens is 2. The molecule has 0 bridgehead atoms. The number of hydrogen-bond acceptors (Lipinski definition) is 2. The van der Waals surface area contributed by atoms with Gasteiger partial charge in [0.2, 0.25) is 0 Å². The molecule has 2 aromatic heterocycles. The van der Waals surface area contributed by atoms with Crippen LogP contribution in [0, 0.1) is 11.6 Å². The Morgan fingerprint density at radius 1 is 0.966 bits per heavy atom. The van der Waals surface area contributed by atoms with Gasteiger partial charge < -0.3 is 13.9 Å². The molecule has 0 N–H and O–H groups in total. The molecule has 0 fully saturated rings. The van der Waals surface area contributed by atoms with Crippen molar-refractivity contribution < 1.29 is 18.0 Å². The number of carbonyl (C=O) groups is 1. The van der Waals surface area contributed by atoms with Crippen molar-refractivity contribution in [3.8, 4) is 5.69 Å². The predicted octanol–water partition coefficient (Wildman–Crippen LogP) is 5.09. The van der Waals surface area contributed by atoms with Crippen LogP contribution >= 0.6 is 0 Å². The van der Waals surface area contributed by atoms with Gasteiger partial charge in [0.15, 0.2) is 5.76 Å². The van der Waals surface area contributed by atoms with Gasteiger partial charge in [0.05, 0.1) is 18.0 Å². The molecule has 0 saturated heterocycles. The van der Waals surface area contributed by atoms with Crippen LogP contribution in [0.2, 0.25) is 0 Å². The topological polar surface area (TPSA) is 38.4 Å². The number of para-hydroxylation sites is 1. The van der Waals surface area contributed by atoms with Gasteiger partial charge in [-0.05, 0) is 53.6 Å². The van der Waals surface area contributed by atoms with Gasteiger partial charge in [-0.25, -0.2) is 8.78 Å². The van der Waals surface area contributed by atoms with Gasteiger partial charge in [-0.3, -0.25) is 4.79 Å². The Labute approximate surface area is 165 Å². The smallest absolute Gasteiger partial charge is 0.290 e. The summed E-state index contributed by atoms with van der Waals surface area (Å²) in [6, 6.07) is 17.3. The summed E-state index contributed by atoms with van der Waals surface area (Å²) < 4.78 is 35.5. The summed E-state index contributed by atoms with van der Waals surface area (Å²) in [6.07, 6.45) is 3.32.